The molecule has 0 bridgehead atoms. The molecule has 2 aromatic carbocycles. The highest BCUT2D eigenvalue weighted by Crippen LogP contribution is 2.20. The van der Waals surface area contributed by atoms with Crippen LogP contribution >= 0.6 is 23.8 Å². The number of rotatable bonds is 2. The zero-order valence-corrected chi connectivity index (χ0v) is 12.6. The third-order valence-electron chi connectivity index (χ3n) is 2.59. The number of benzene rings is 2. The number of halogens is 3. The zero-order valence-electron chi connectivity index (χ0n) is 11.0. The minimum atomic E-state index is -0.968. The molecule has 2 rings (SSSR count). The van der Waals surface area contributed by atoms with Crippen LogP contribution in [-0.4, -0.2) is 11.0 Å². The van der Waals surface area contributed by atoms with Crippen molar-refractivity contribution in [2.45, 2.75) is 0 Å². The number of carbonyl (C=O) groups excluding carboxylic acids is 1. The summed E-state index contributed by atoms with van der Waals surface area (Å²) in [5.74, 6) is -2.52. The molecule has 8 heteroatoms. The van der Waals surface area contributed by atoms with Gasteiger partial charge in [0.2, 0.25) is 0 Å². The maximum Gasteiger partial charge on any atom is 0.272 e. The first-order valence-corrected chi connectivity index (χ1v) is 6.83. The molecule has 0 radical (unpaired) electrons. The van der Waals surface area contributed by atoms with Gasteiger partial charge in [-0.25, -0.2) is 8.78 Å². The summed E-state index contributed by atoms with van der Waals surface area (Å²) in [4.78, 5) is 11.8. The summed E-state index contributed by atoms with van der Waals surface area (Å²) in [5, 5.41) is 3.27. The summed E-state index contributed by atoms with van der Waals surface area (Å²) in [6.45, 7) is 0. The summed E-state index contributed by atoms with van der Waals surface area (Å²) >= 11 is 10.9. The lowest BCUT2D eigenvalue weighted by atomic mass is 10.2. The fourth-order valence-electron chi connectivity index (χ4n) is 1.57. The number of amides is 1. The first-order valence-electron chi connectivity index (χ1n) is 6.04. The molecule has 1 amide bonds. The smallest absolute Gasteiger partial charge is 0.272 e. The lowest BCUT2D eigenvalue weighted by Crippen LogP contribution is -2.44. The van der Waals surface area contributed by atoms with Gasteiger partial charge in [0, 0.05) is 6.07 Å². The molecule has 0 aliphatic heterocycles. The molecule has 0 saturated carbocycles. The van der Waals surface area contributed by atoms with Gasteiger partial charge < -0.3 is 5.32 Å². The van der Waals surface area contributed by atoms with E-state index in [2.05, 4.69) is 16.2 Å². The van der Waals surface area contributed by atoms with Gasteiger partial charge in [-0.3, -0.25) is 15.6 Å². The van der Waals surface area contributed by atoms with Crippen LogP contribution in [0.15, 0.2) is 42.5 Å². The van der Waals surface area contributed by atoms with Crippen LogP contribution in [0.25, 0.3) is 0 Å². The largest absolute Gasteiger partial charge is 0.330 e. The second-order valence-corrected chi connectivity index (χ2v) is 4.95. The van der Waals surface area contributed by atoms with E-state index in [1.54, 1.807) is 24.3 Å². The Hall–Kier alpha value is -2.25. The van der Waals surface area contributed by atoms with Crippen molar-refractivity contribution in [2.24, 2.45) is 0 Å². The summed E-state index contributed by atoms with van der Waals surface area (Å²) in [6.07, 6.45) is 0. The van der Waals surface area contributed by atoms with Gasteiger partial charge in [0.15, 0.2) is 5.11 Å². The average molecular weight is 342 g/mol. The minimum Gasteiger partial charge on any atom is -0.330 e. The lowest BCUT2D eigenvalue weighted by Gasteiger charge is -2.12. The van der Waals surface area contributed by atoms with Gasteiger partial charge in [-0.1, -0.05) is 23.7 Å². The van der Waals surface area contributed by atoms with Crippen LogP contribution in [0.1, 0.15) is 10.4 Å². The van der Waals surface area contributed by atoms with Crippen LogP contribution in [0.5, 0.6) is 0 Å². The zero-order chi connectivity index (χ0) is 16.1. The number of para-hydroxylation sites is 1. The molecule has 4 nitrogen and oxygen atoms in total. The molecule has 0 aliphatic rings. The molecular weight excluding hydrogens is 332 g/mol. The fraction of sp³-hybridized carbons (Fsp3) is 0. The third kappa shape index (κ3) is 4.12. The van der Waals surface area contributed by atoms with Gasteiger partial charge in [-0.15, -0.1) is 0 Å². The van der Waals surface area contributed by atoms with Crippen molar-refractivity contribution in [2.75, 3.05) is 5.32 Å². The number of nitrogens with one attached hydrogen (secondary N) is 3. The molecule has 2 aromatic rings. The van der Waals surface area contributed by atoms with E-state index in [1.807, 2.05) is 0 Å². The van der Waals surface area contributed by atoms with Gasteiger partial charge in [0.1, 0.15) is 11.6 Å². The van der Waals surface area contributed by atoms with Crippen molar-refractivity contribution in [3.05, 3.63) is 64.7 Å². The maximum absolute atomic E-state index is 13.4. The molecule has 0 unspecified atom stereocenters. The summed E-state index contributed by atoms with van der Waals surface area (Å²) in [7, 11) is 0. The SMILES string of the molecule is O=C(NNC(=S)Nc1ccccc1Cl)c1ccc(F)cc1F. The van der Waals surface area contributed by atoms with E-state index in [4.69, 9.17) is 23.8 Å². The van der Waals surface area contributed by atoms with Crippen LogP contribution in [0.4, 0.5) is 14.5 Å². The van der Waals surface area contributed by atoms with Crippen LogP contribution < -0.4 is 16.2 Å². The van der Waals surface area contributed by atoms with Crippen molar-refractivity contribution in [3.8, 4) is 0 Å². The Balaban J connectivity index is 1.93. The summed E-state index contributed by atoms with van der Waals surface area (Å²) < 4.78 is 26.2. The number of hydrogen-bond acceptors (Lipinski definition) is 2. The van der Waals surface area contributed by atoms with Crippen molar-refractivity contribution < 1.29 is 13.6 Å². The van der Waals surface area contributed by atoms with E-state index >= 15 is 0 Å². The topological polar surface area (TPSA) is 53.2 Å². The molecule has 0 spiro atoms. The first kappa shape index (κ1) is 16.1. The minimum absolute atomic E-state index is 0.0592. The van der Waals surface area contributed by atoms with Gasteiger partial charge in [0.05, 0.1) is 16.3 Å². The second-order valence-electron chi connectivity index (χ2n) is 4.14. The normalized spacial score (nSPS) is 9.95. The van der Waals surface area contributed by atoms with E-state index in [9.17, 15) is 13.6 Å². The Bertz CT molecular complexity index is 727. The predicted molar refractivity (Wildman–Crippen MR) is 84.6 cm³/mol. The fourth-order valence-corrected chi connectivity index (χ4v) is 1.91. The van der Waals surface area contributed by atoms with Crippen molar-refractivity contribution in [1.82, 2.24) is 10.9 Å². The van der Waals surface area contributed by atoms with Crippen LogP contribution in [0.3, 0.4) is 0 Å². The molecular formula is C14H10ClF2N3OS. The van der Waals surface area contributed by atoms with Gasteiger partial charge in [0.25, 0.3) is 5.91 Å². The van der Waals surface area contributed by atoms with Crippen LogP contribution in [0, 0.1) is 11.6 Å². The maximum atomic E-state index is 13.4. The molecule has 0 heterocycles. The summed E-state index contributed by atoms with van der Waals surface area (Å²) in [6, 6.07) is 9.50. The van der Waals surface area contributed by atoms with Crippen molar-refractivity contribution >= 4 is 40.5 Å². The first-order chi connectivity index (χ1) is 10.5. The monoisotopic (exact) mass is 341 g/mol. The highest BCUT2D eigenvalue weighted by atomic mass is 35.5. The van der Waals surface area contributed by atoms with E-state index in [0.717, 1.165) is 12.1 Å². The lowest BCUT2D eigenvalue weighted by molar-refractivity contribution is 0.0940. The highest BCUT2D eigenvalue weighted by molar-refractivity contribution is 7.80. The molecule has 0 aromatic heterocycles. The van der Waals surface area contributed by atoms with Crippen molar-refractivity contribution in [3.63, 3.8) is 0 Å². The van der Waals surface area contributed by atoms with Gasteiger partial charge in [-0.05, 0) is 36.5 Å². The molecule has 3 N–H and O–H groups in total. The molecule has 0 aliphatic carbocycles. The quantitative estimate of drug-likeness (QED) is 0.580. The van der Waals surface area contributed by atoms with E-state index in [-0.39, 0.29) is 10.7 Å². The predicted octanol–water partition coefficient (Wildman–Crippen LogP) is 3.25. The second kappa shape index (κ2) is 7.15. The Morgan fingerprint density at radius 1 is 1.09 bits per heavy atom. The number of carbonyl (C=O) groups is 1. The molecule has 22 heavy (non-hydrogen) atoms. The Morgan fingerprint density at radius 3 is 2.50 bits per heavy atom. The number of anilines is 1. The Morgan fingerprint density at radius 2 is 1.82 bits per heavy atom. The number of hydrazine groups is 1. The van der Waals surface area contributed by atoms with E-state index < -0.39 is 17.5 Å². The van der Waals surface area contributed by atoms with Crippen LogP contribution in [-0.2, 0) is 0 Å². The Labute approximate surface area is 135 Å². The summed E-state index contributed by atoms with van der Waals surface area (Å²) in [5.41, 5.74) is 4.84. The van der Waals surface area contributed by atoms with Gasteiger partial charge in [-0.2, -0.15) is 0 Å². The van der Waals surface area contributed by atoms with Crippen molar-refractivity contribution in [1.29, 1.82) is 0 Å². The van der Waals surface area contributed by atoms with Crippen LogP contribution in [0.2, 0.25) is 5.02 Å². The van der Waals surface area contributed by atoms with E-state index in [1.165, 1.54) is 0 Å². The number of hydrogen-bond donors (Lipinski definition) is 3. The standard InChI is InChI=1S/C14H10ClF2N3OS/c15-10-3-1-2-4-12(10)18-14(22)20-19-13(21)9-6-5-8(16)7-11(9)17/h1-7H,(H,19,21)(H2,18,20,22). The molecule has 0 fully saturated rings. The molecule has 0 atom stereocenters. The third-order valence-corrected chi connectivity index (χ3v) is 3.12. The van der Waals surface area contributed by atoms with Gasteiger partial charge >= 0.3 is 0 Å². The number of thiocarbonyl (C=S) groups is 1. The molecule has 114 valence electrons. The van der Waals surface area contributed by atoms with E-state index in [0.29, 0.717) is 16.8 Å². The molecule has 0 saturated heterocycles. The Kier molecular flexibility index (Phi) is 5.24. The average Bonchev–Trinajstić information content (AvgIpc) is 2.47. The highest BCUT2D eigenvalue weighted by Gasteiger charge is 2.12.